The minimum Gasteiger partial charge on any atom is -0.350 e. The fourth-order valence-electron chi connectivity index (χ4n) is 3.15. The Kier molecular flexibility index (Phi) is 5.44. The molecule has 0 N–H and O–H groups in total. The third-order valence-corrected chi connectivity index (χ3v) is 4.33. The van der Waals surface area contributed by atoms with Crippen molar-refractivity contribution in [3.8, 4) is 0 Å². The molecule has 122 valence electrons. The van der Waals surface area contributed by atoms with Crippen LogP contribution in [0.3, 0.4) is 0 Å². The van der Waals surface area contributed by atoms with Crippen molar-refractivity contribution in [3.05, 3.63) is 71.8 Å². The highest BCUT2D eigenvalue weighted by molar-refractivity contribution is 5.22. The Hall–Kier alpha value is -1.68. The van der Waals surface area contributed by atoms with E-state index < -0.39 is 0 Å². The monoisotopic (exact) mass is 310 g/mol. The summed E-state index contributed by atoms with van der Waals surface area (Å²) in [7, 11) is 4.25. The summed E-state index contributed by atoms with van der Waals surface area (Å²) in [6, 6.07) is 21.1. The minimum atomic E-state index is 0.0589. The summed E-state index contributed by atoms with van der Waals surface area (Å²) >= 11 is 0. The normalized spacial score (nSPS) is 21.9. The molecule has 0 amide bonds. The predicted molar refractivity (Wildman–Crippen MR) is 94.2 cm³/mol. The van der Waals surface area contributed by atoms with Crippen LogP contribution in [0.25, 0.3) is 0 Å². The van der Waals surface area contributed by atoms with Crippen LogP contribution in [0.2, 0.25) is 0 Å². The summed E-state index contributed by atoms with van der Waals surface area (Å²) in [5, 5.41) is 0. The highest BCUT2D eigenvalue weighted by Crippen LogP contribution is 2.37. The second-order valence-electron chi connectivity index (χ2n) is 6.45. The first-order chi connectivity index (χ1) is 11.2. The van der Waals surface area contributed by atoms with E-state index in [4.69, 9.17) is 4.74 Å². The van der Waals surface area contributed by atoms with Crippen molar-refractivity contribution in [1.82, 2.24) is 9.80 Å². The van der Waals surface area contributed by atoms with Crippen molar-refractivity contribution in [2.24, 2.45) is 0 Å². The molecule has 23 heavy (non-hydrogen) atoms. The van der Waals surface area contributed by atoms with Gasteiger partial charge in [0.15, 0.2) is 0 Å². The molecule has 0 spiro atoms. The van der Waals surface area contributed by atoms with Crippen molar-refractivity contribution in [1.29, 1.82) is 0 Å². The molecular weight excluding hydrogens is 284 g/mol. The number of hydrogen-bond acceptors (Lipinski definition) is 3. The van der Waals surface area contributed by atoms with Crippen LogP contribution in [0.5, 0.6) is 0 Å². The van der Waals surface area contributed by atoms with Crippen LogP contribution in [-0.2, 0) is 4.74 Å². The largest absolute Gasteiger partial charge is 0.350 e. The first-order valence-corrected chi connectivity index (χ1v) is 8.38. The van der Waals surface area contributed by atoms with Crippen molar-refractivity contribution in [2.45, 2.75) is 18.8 Å². The molecule has 0 bridgehead atoms. The zero-order valence-corrected chi connectivity index (χ0v) is 14.1. The molecule has 0 saturated carbocycles. The molecule has 3 rings (SSSR count). The van der Waals surface area contributed by atoms with E-state index in [1.165, 1.54) is 11.1 Å². The Morgan fingerprint density at radius 1 is 0.957 bits per heavy atom. The third kappa shape index (κ3) is 4.20. The fraction of sp³-hybridized carbons (Fsp3) is 0.400. The summed E-state index contributed by atoms with van der Waals surface area (Å²) in [5.41, 5.74) is 2.51. The van der Waals surface area contributed by atoms with E-state index in [0.29, 0.717) is 0 Å². The van der Waals surface area contributed by atoms with Gasteiger partial charge in [-0.25, -0.2) is 0 Å². The van der Waals surface area contributed by atoms with E-state index >= 15 is 0 Å². The Bertz CT molecular complexity index is 585. The summed E-state index contributed by atoms with van der Waals surface area (Å²) in [4.78, 5) is 4.71. The van der Waals surface area contributed by atoms with E-state index in [1.807, 2.05) is 0 Å². The first kappa shape index (κ1) is 16.2. The van der Waals surface area contributed by atoms with Gasteiger partial charge in [0.1, 0.15) is 6.23 Å². The lowest BCUT2D eigenvalue weighted by atomic mass is 10.1. The molecular formula is C20H26N2O. The molecule has 1 saturated heterocycles. The smallest absolute Gasteiger partial charge is 0.137 e. The van der Waals surface area contributed by atoms with E-state index in [-0.39, 0.29) is 12.3 Å². The van der Waals surface area contributed by atoms with Gasteiger partial charge >= 0.3 is 0 Å². The Morgan fingerprint density at radius 3 is 2.17 bits per heavy atom. The van der Waals surface area contributed by atoms with Gasteiger partial charge in [-0.2, -0.15) is 0 Å². The minimum absolute atomic E-state index is 0.0589. The van der Waals surface area contributed by atoms with Gasteiger partial charge in [0.05, 0.1) is 6.10 Å². The molecule has 0 unspecified atom stereocenters. The van der Waals surface area contributed by atoms with E-state index in [0.717, 1.165) is 26.1 Å². The van der Waals surface area contributed by atoms with Crippen molar-refractivity contribution in [2.75, 3.05) is 33.7 Å². The van der Waals surface area contributed by atoms with E-state index in [9.17, 15) is 0 Å². The number of nitrogens with zero attached hydrogens (tertiary/aromatic N) is 2. The summed E-state index contributed by atoms with van der Waals surface area (Å²) < 4.78 is 6.42. The van der Waals surface area contributed by atoms with Gasteiger partial charge in [0.2, 0.25) is 0 Å². The maximum absolute atomic E-state index is 6.42. The molecule has 3 heteroatoms. The average molecular weight is 310 g/mol. The third-order valence-electron chi connectivity index (χ3n) is 4.33. The zero-order chi connectivity index (χ0) is 16.1. The standard InChI is InChI=1S/C20H26N2O/c1-21(2)14-9-15-22-16-19(17-10-5-3-6-11-17)23-20(22)18-12-7-4-8-13-18/h3-8,10-13,19-20H,9,14-16H2,1-2H3/t19-,20-/m1/s1. The molecule has 2 aromatic rings. The van der Waals surface area contributed by atoms with Gasteiger partial charge in [-0.05, 0) is 38.2 Å². The molecule has 2 atom stereocenters. The van der Waals surface area contributed by atoms with Gasteiger partial charge in [-0.3, -0.25) is 4.90 Å². The molecule has 1 aliphatic rings. The van der Waals surface area contributed by atoms with Crippen LogP contribution in [0.15, 0.2) is 60.7 Å². The second-order valence-corrected chi connectivity index (χ2v) is 6.45. The van der Waals surface area contributed by atoms with Crippen molar-refractivity contribution in [3.63, 3.8) is 0 Å². The summed E-state index contributed by atoms with van der Waals surface area (Å²) in [6.45, 7) is 3.12. The average Bonchev–Trinajstić information content (AvgIpc) is 3.00. The molecule has 2 aromatic carbocycles. The van der Waals surface area contributed by atoms with E-state index in [1.54, 1.807) is 0 Å². The molecule has 0 aliphatic carbocycles. The first-order valence-electron chi connectivity index (χ1n) is 8.38. The van der Waals surface area contributed by atoms with Gasteiger partial charge < -0.3 is 9.64 Å². The number of benzene rings is 2. The van der Waals surface area contributed by atoms with Gasteiger partial charge in [-0.15, -0.1) is 0 Å². The van der Waals surface area contributed by atoms with Crippen LogP contribution in [-0.4, -0.2) is 43.5 Å². The molecule has 1 heterocycles. The zero-order valence-electron chi connectivity index (χ0n) is 14.1. The van der Waals surface area contributed by atoms with Gasteiger partial charge in [0, 0.05) is 13.1 Å². The molecule has 1 fully saturated rings. The van der Waals surface area contributed by atoms with Gasteiger partial charge in [-0.1, -0.05) is 60.7 Å². The van der Waals surface area contributed by atoms with Crippen LogP contribution in [0, 0.1) is 0 Å². The number of hydrogen-bond donors (Lipinski definition) is 0. The second kappa shape index (κ2) is 7.73. The lowest BCUT2D eigenvalue weighted by Crippen LogP contribution is -2.27. The van der Waals surface area contributed by atoms with Crippen molar-refractivity contribution < 1.29 is 4.74 Å². The SMILES string of the molecule is CN(C)CCCN1C[C@H](c2ccccc2)O[C@@H]1c1ccccc1. The Balaban J connectivity index is 1.74. The fourth-order valence-corrected chi connectivity index (χ4v) is 3.15. The predicted octanol–water partition coefficient (Wildman–Crippen LogP) is 3.71. The summed E-state index contributed by atoms with van der Waals surface area (Å²) in [6.07, 6.45) is 1.37. The van der Waals surface area contributed by atoms with Crippen LogP contribution in [0.1, 0.15) is 29.9 Å². The molecule has 3 nitrogen and oxygen atoms in total. The Morgan fingerprint density at radius 2 is 1.57 bits per heavy atom. The van der Waals surface area contributed by atoms with Crippen molar-refractivity contribution >= 4 is 0 Å². The number of ether oxygens (including phenoxy) is 1. The lowest BCUT2D eigenvalue weighted by molar-refractivity contribution is -0.00303. The molecule has 1 aliphatic heterocycles. The number of rotatable bonds is 6. The van der Waals surface area contributed by atoms with Gasteiger partial charge in [0.25, 0.3) is 0 Å². The maximum Gasteiger partial charge on any atom is 0.137 e. The molecule has 0 aromatic heterocycles. The topological polar surface area (TPSA) is 15.7 Å². The highest BCUT2D eigenvalue weighted by Gasteiger charge is 2.34. The maximum atomic E-state index is 6.42. The van der Waals surface area contributed by atoms with Crippen LogP contribution < -0.4 is 0 Å². The summed E-state index contributed by atoms with van der Waals surface area (Å²) in [5.74, 6) is 0. The molecule has 0 radical (unpaired) electrons. The quantitative estimate of drug-likeness (QED) is 0.809. The van der Waals surface area contributed by atoms with Crippen LogP contribution in [0.4, 0.5) is 0 Å². The Labute approximate surface area is 139 Å². The lowest BCUT2D eigenvalue weighted by Gasteiger charge is -2.23. The highest BCUT2D eigenvalue weighted by atomic mass is 16.5. The van der Waals surface area contributed by atoms with E-state index in [2.05, 4.69) is 84.6 Å². The van der Waals surface area contributed by atoms with Crippen LogP contribution >= 0.6 is 0 Å².